The second kappa shape index (κ2) is 6.94. The maximum atomic E-state index is 13.1. The van der Waals surface area contributed by atoms with Crippen LogP contribution in [0.25, 0.3) is 0 Å². The summed E-state index contributed by atoms with van der Waals surface area (Å²) in [5, 5.41) is 2.66. The number of likely N-dealkylation sites (N-methyl/N-ethyl adjacent to an activating group) is 1. The Balaban J connectivity index is 2.83. The molecular weight excluding hydrogens is 256 g/mol. The molecule has 1 N–H and O–H groups in total. The summed E-state index contributed by atoms with van der Waals surface area (Å²) >= 11 is 0. The number of carbonyl (C=O) groups excluding carboxylic acids is 2. The molecule has 1 atom stereocenters. The molecule has 0 aliphatic heterocycles. The Kier molecular flexibility index (Phi) is 5.57. The predicted octanol–water partition coefficient (Wildman–Crippen LogP) is 1.69. The fraction of sp³-hybridized carbons (Fsp3) is 0.385. The normalized spacial score (nSPS) is 12.0. The molecule has 0 heterocycles. The van der Waals surface area contributed by atoms with Crippen molar-refractivity contribution in [1.29, 1.82) is 0 Å². The number of ether oxygens (including phenoxy) is 1. The molecule has 1 aromatic rings. The van der Waals surface area contributed by atoms with Gasteiger partial charge >= 0.3 is 5.97 Å². The van der Waals surface area contributed by atoms with Crippen LogP contribution in [0.4, 0.5) is 8.78 Å². The minimum absolute atomic E-state index is 0.00236. The van der Waals surface area contributed by atoms with E-state index in [4.69, 9.17) is 4.74 Å². The van der Waals surface area contributed by atoms with Crippen LogP contribution in [0.5, 0.6) is 0 Å². The summed E-state index contributed by atoms with van der Waals surface area (Å²) in [5.41, 5.74) is 0.00236. The second-order valence-corrected chi connectivity index (χ2v) is 3.84. The minimum atomic E-state index is -1.10. The Morgan fingerprint density at radius 3 is 2.53 bits per heavy atom. The topological polar surface area (TPSA) is 55.4 Å². The number of nitrogens with one attached hydrogen (secondary N) is 1. The third-order valence-electron chi connectivity index (χ3n) is 2.55. The van der Waals surface area contributed by atoms with Gasteiger partial charge < -0.3 is 10.1 Å². The van der Waals surface area contributed by atoms with E-state index in [1.807, 2.05) is 0 Å². The number of esters is 1. The molecule has 0 fully saturated rings. The van der Waals surface area contributed by atoms with Crippen molar-refractivity contribution < 1.29 is 23.1 Å². The SMILES string of the molecule is CCOC(=O)CC(NC)C(=O)c1ccc(F)c(F)c1. The fourth-order valence-corrected chi connectivity index (χ4v) is 1.56. The van der Waals surface area contributed by atoms with E-state index in [0.717, 1.165) is 12.1 Å². The van der Waals surface area contributed by atoms with Crippen LogP contribution in [0.2, 0.25) is 0 Å². The van der Waals surface area contributed by atoms with Gasteiger partial charge in [0.1, 0.15) is 0 Å². The highest BCUT2D eigenvalue weighted by atomic mass is 19.2. The van der Waals surface area contributed by atoms with Gasteiger partial charge in [0.25, 0.3) is 0 Å². The lowest BCUT2D eigenvalue weighted by Crippen LogP contribution is -2.36. The molecule has 0 aliphatic rings. The first-order valence-corrected chi connectivity index (χ1v) is 5.81. The van der Waals surface area contributed by atoms with Crippen molar-refractivity contribution in [3.05, 3.63) is 35.4 Å². The Bertz CT molecular complexity index is 477. The van der Waals surface area contributed by atoms with Crippen LogP contribution in [0.1, 0.15) is 23.7 Å². The average molecular weight is 271 g/mol. The summed E-state index contributed by atoms with van der Waals surface area (Å²) in [6, 6.07) is 2.03. The van der Waals surface area contributed by atoms with Gasteiger partial charge in [0.15, 0.2) is 17.4 Å². The summed E-state index contributed by atoms with van der Waals surface area (Å²) in [7, 11) is 1.50. The number of hydrogen-bond donors (Lipinski definition) is 1. The Labute approximate surface area is 109 Å². The van der Waals surface area contributed by atoms with Gasteiger partial charge in [-0.15, -0.1) is 0 Å². The van der Waals surface area contributed by atoms with Crippen LogP contribution in [-0.2, 0) is 9.53 Å². The van der Waals surface area contributed by atoms with E-state index >= 15 is 0 Å². The molecule has 6 heteroatoms. The van der Waals surface area contributed by atoms with Gasteiger partial charge in [-0.05, 0) is 32.2 Å². The molecule has 0 bridgehead atoms. The smallest absolute Gasteiger partial charge is 0.307 e. The summed E-state index contributed by atoms with van der Waals surface area (Å²) in [6.45, 7) is 1.87. The lowest BCUT2D eigenvalue weighted by molar-refractivity contribution is -0.143. The minimum Gasteiger partial charge on any atom is -0.466 e. The number of ketones is 1. The highest BCUT2D eigenvalue weighted by molar-refractivity contribution is 6.01. The van der Waals surface area contributed by atoms with E-state index in [-0.39, 0.29) is 18.6 Å². The van der Waals surface area contributed by atoms with E-state index in [2.05, 4.69) is 5.32 Å². The number of carbonyl (C=O) groups is 2. The zero-order chi connectivity index (χ0) is 14.4. The van der Waals surface area contributed by atoms with Gasteiger partial charge in [-0.3, -0.25) is 9.59 Å². The number of halogens is 2. The van der Waals surface area contributed by atoms with Gasteiger partial charge in [0.05, 0.1) is 19.1 Å². The Morgan fingerprint density at radius 1 is 1.32 bits per heavy atom. The van der Waals surface area contributed by atoms with Crippen molar-refractivity contribution in [2.24, 2.45) is 0 Å². The number of Topliss-reactive ketones (excluding diaryl/α,β-unsaturated/α-hetero) is 1. The molecule has 0 aliphatic carbocycles. The molecule has 1 unspecified atom stereocenters. The molecule has 0 saturated carbocycles. The maximum absolute atomic E-state index is 13.1. The zero-order valence-electron chi connectivity index (χ0n) is 10.7. The summed E-state index contributed by atoms with van der Waals surface area (Å²) in [4.78, 5) is 23.3. The molecular formula is C13H15F2NO3. The zero-order valence-corrected chi connectivity index (χ0v) is 10.7. The van der Waals surface area contributed by atoms with E-state index in [1.165, 1.54) is 13.1 Å². The van der Waals surface area contributed by atoms with E-state index in [1.54, 1.807) is 6.92 Å². The van der Waals surface area contributed by atoms with Crippen LogP contribution < -0.4 is 5.32 Å². The fourth-order valence-electron chi connectivity index (χ4n) is 1.56. The van der Waals surface area contributed by atoms with Crippen LogP contribution in [0.3, 0.4) is 0 Å². The number of rotatable bonds is 6. The summed E-state index contributed by atoms with van der Waals surface area (Å²) < 4.78 is 30.6. The molecule has 19 heavy (non-hydrogen) atoms. The highest BCUT2D eigenvalue weighted by Crippen LogP contribution is 2.12. The summed E-state index contributed by atoms with van der Waals surface area (Å²) in [6.07, 6.45) is -0.165. The summed E-state index contributed by atoms with van der Waals surface area (Å²) in [5.74, 6) is -3.15. The number of hydrogen-bond acceptors (Lipinski definition) is 4. The molecule has 0 aromatic heterocycles. The van der Waals surface area contributed by atoms with Gasteiger partial charge in [-0.2, -0.15) is 0 Å². The molecule has 1 aromatic carbocycles. The van der Waals surface area contributed by atoms with Crippen molar-refractivity contribution >= 4 is 11.8 Å². The molecule has 0 saturated heterocycles. The molecule has 1 rings (SSSR count). The van der Waals surface area contributed by atoms with Gasteiger partial charge in [0.2, 0.25) is 0 Å². The average Bonchev–Trinajstić information content (AvgIpc) is 2.38. The van der Waals surface area contributed by atoms with Gasteiger partial charge in [-0.25, -0.2) is 8.78 Å². The molecule has 0 amide bonds. The third kappa shape index (κ3) is 4.10. The van der Waals surface area contributed by atoms with Crippen molar-refractivity contribution in [3.63, 3.8) is 0 Å². The standard InChI is InChI=1S/C13H15F2NO3/c1-3-19-12(17)7-11(16-2)13(18)8-4-5-9(14)10(15)6-8/h4-6,11,16H,3,7H2,1-2H3. The number of benzene rings is 1. The predicted molar refractivity (Wildman–Crippen MR) is 64.8 cm³/mol. The first kappa shape index (κ1) is 15.2. The first-order valence-electron chi connectivity index (χ1n) is 5.81. The van der Waals surface area contributed by atoms with Crippen molar-refractivity contribution in [2.45, 2.75) is 19.4 Å². The quantitative estimate of drug-likeness (QED) is 0.632. The first-order chi connectivity index (χ1) is 8.99. The maximum Gasteiger partial charge on any atom is 0.307 e. The van der Waals surface area contributed by atoms with Crippen LogP contribution in [-0.4, -0.2) is 31.4 Å². The Hall–Kier alpha value is -1.82. The van der Waals surface area contributed by atoms with Crippen molar-refractivity contribution in [3.8, 4) is 0 Å². The van der Waals surface area contributed by atoms with Crippen molar-refractivity contribution in [2.75, 3.05) is 13.7 Å². The molecule has 0 radical (unpaired) electrons. The largest absolute Gasteiger partial charge is 0.466 e. The van der Waals surface area contributed by atoms with E-state index in [9.17, 15) is 18.4 Å². The van der Waals surface area contributed by atoms with Gasteiger partial charge in [-0.1, -0.05) is 0 Å². The van der Waals surface area contributed by atoms with E-state index < -0.39 is 29.4 Å². The van der Waals surface area contributed by atoms with Crippen LogP contribution >= 0.6 is 0 Å². The molecule has 104 valence electrons. The lowest BCUT2D eigenvalue weighted by Gasteiger charge is -2.14. The monoisotopic (exact) mass is 271 g/mol. The van der Waals surface area contributed by atoms with Crippen molar-refractivity contribution in [1.82, 2.24) is 5.32 Å². The molecule has 4 nitrogen and oxygen atoms in total. The third-order valence-corrected chi connectivity index (χ3v) is 2.55. The highest BCUT2D eigenvalue weighted by Gasteiger charge is 2.23. The molecule has 0 spiro atoms. The van der Waals surface area contributed by atoms with Crippen LogP contribution in [0, 0.1) is 11.6 Å². The van der Waals surface area contributed by atoms with Gasteiger partial charge in [0, 0.05) is 5.56 Å². The van der Waals surface area contributed by atoms with Crippen LogP contribution in [0.15, 0.2) is 18.2 Å². The second-order valence-electron chi connectivity index (χ2n) is 3.84. The Morgan fingerprint density at radius 2 is 2.00 bits per heavy atom. The lowest BCUT2D eigenvalue weighted by atomic mass is 10.0. The van der Waals surface area contributed by atoms with E-state index in [0.29, 0.717) is 0 Å².